The molecule has 3 nitrogen and oxygen atoms in total. The molecule has 5 heteroatoms. The van der Waals surface area contributed by atoms with E-state index in [1.54, 1.807) is 30.4 Å². The molecule has 114 valence electrons. The number of rotatable bonds is 3. The van der Waals surface area contributed by atoms with Crippen molar-refractivity contribution in [3.63, 3.8) is 0 Å². The number of aliphatic imine (C=N–C) groups is 1. The van der Waals surface area contributed by atoms with Crippen LogP contribution in [0.4, 0.5) is 0 Å². The first-order valence-electron chi connectivity index (χ1n) is 6.82. The maximum Gasteiger partial charge on any atom is 0.363 e. The number of hydrogen-bond acceptors (Lipinski definition) is 3. The van der Waals surface area contributed by atoms with Crippen molar-refractivity contribution >= 4 is 47.2 Å². The molecule has 0 unspecified atom stereocenters. The predicted molar refractivity (Wildman–Crippen MR) is 93.4 cm³/mol. The fourth-order valence-electron chi connectivity index (χ4n) is 1.99. The van der Waals surface area contributed by atoms with Crippen LogP contribution >= 0.6 is 23.2 Å². The molecule has 0 aliphatic carbocycles. The second kappa shape index (κ2) is 6.82. The van der Waals surface area contributed by atoms with E-state index in [1.807, 2.05) is 36.4 Å². The lowest BCUT2D eigenvalue weighted by Gasteiger charge is -1.97. The average Bonchev–Trinajstić information content (AvgIpc) is 2.90. The first-order chi connectivity index (χ1) is 11.1. The molecule has 2 aromatic rings. The number of hydrogen-bond donors (Lipinski definition) is 0. The molecule has 0 spiro atoms. The van der Waals surface area contributed by atoms with Gasteiger partial charge in [0.2, 0.25) is 5.90 Å². The van der Waals surface area contributed by atoms with E-state index < -0.39 is 5.97 Å². The molecule has 0 saturated heterocycles. The molecule has 1 aliphatic heterocycles. The molecule has 0 aromatic heterocycles. The molecule has 0 amide bonds. The van der Waals surface area contributed by atoms with Gasteiger partial charge in [0.15, 0.2) is 5.70 Å². The maximum absolute atomic E-state index is 11.9. The topological polar surface area (TPSA) is 38.7 Å². The highest BCUT2D eigenvalue weighted by molar-refractivity contribution is 6.42. The van der Waals surface area contributed by atoms with Crippen LogP contribution in [-0.2, 0) is 9.53 Å². The molecule has 0 radical (unpaired) electrons. The van der Waals surface area contributed by atoms with Crippen molar-refractivity contribution < 1.29 is 9.53 Å². The van der Waals surface area contributed by atoms with Crippen LogP contribution in [-0.4, -0.2) is 11.9 Å². The van der Waals surface area contributed by atoms with E-state index in [9.17, 15) is 4.79 Å². The third-order valence-corrected chi connectivity index (χ3v) is 3.84. The van der Waals surface area contributed by atoms with Crippen LogP contribution in [0, 0.1) is 0 Å². The number of nitrogens with zero attached hydrogens (tertiary/aromatic N) is 1. The average molecular weight is 344 g/mol. The fourth-order valence-corrected chi connectivity index (χ4v) is 2.30. The van der Waals surface area contributed by atoms with E-state index in [2.05, 4.69) is 4.99 Å². The maximum atomic E-state index is 11.9. The summed E-state index contributed by atoms with van der Waals surface area (Å²) in [5.41, 5.74) is 1.94. The van der Waals surface area contributed by atoms with Gasteiger partial charge in [0, 0.05) is 6.08 Å². The quantitative estimate of drug-likeness (QED) is 0.580. The Hall–Kier alpha value is -2.36. The number of cyclic esters (lactones) is 1. The molecule has 23 heavy (non-hydrogen) atoms. The zero-order valence-corrected chi connectivity index (χ0v) is 13.4. The SMILES string of the molecule is O=C1OC(C=Cc2ccccc2)=NC1=Cc1ccc(Cl)c(Cl)c1. The van der Waals surface area contributed by atoms with Crippen molar-refractivity contribution in [1.29, 1.82) is 0 Å². The summed E-state index contributed by atoms with van der Waals surface area (Å²) in [6.07, 6.45) is 5.09. The van der Waals surface area contributed by atoms with Crippen LogP contribution in [0.5, 0.6) is 0 Å². The van der Waals surface area contributed by atoms with Gasteiger partial charge in [0.1, 0.15) is 0 Å². The smallest absolute Gasteiger partial charge is 0.363 e. The van der Waals surface area contributed by atoms with Gasteiger partial charge in [-0.2, -0.15) is 0 Å². The lowest BCUT2D eigenvalue weighted by atomic mass is 10.2. The first kappa shape index (κ1) is 15.5. The van der Waals surface area contributed by atoms with Crippen molar-refractivity contribution in [2.75, 3.05) is 0 Å². The third-order valence-electron chi connectivity index (χ3n) is 3.10. The number of benzene rings is 2. The molecular formula is C18H11Cl2NO2. The largest absolute Gasteiger partial charge is 0.403 e. The normalized spacial score (nSPS) is 16.0. The van der Waals surface area contributed by atoms with Gasteiger partial charge in [0.25, 0.3) is 0 Å². The van der Waals surface area contributed by atoms with Crippen LogP contribution in [0.25, 0.3) is 12.2 Å². The molecule has 2 aromatic carbocycles. The molecule has 1 heterocycles. The summed E-state index contributed by atoms with van der Waals surface area (Å²) < 4.78 is 5.12. The van der Waals surface area contributed by atoms with Crippen LogP contribution in [0.15, 0.2) is 65.3 Å². The van der Waals surface area contributed by atoms with E-state index in [4.69, 9.17) is 27.9 Å². The molecule has 0 saturated carbocycles. The number of carbonyl (C=O) groups excluding carboxylic acids is 1. The summed E-state index contributed by atoms with van der Waals surface area (Å²) in [7, 11) is 0. The van der Waals surface area contributed by atoms with Gasteiger partial charge in [-0.3, -0.25) is 0 Å². The summed E-state index contributed by atoms with van der Waals surface area (Å²) in [4.78, 5) is 16.0. The number of halogens is 2. The van der Waals surface area contributed by atoms with Gasteiger partial charge >= 0.3 is 5.97 Å². The lowest BCUT2D eigenvalue weighted by Crippen LogP contribution is -2.01. The Morgan fingerprint density at radius 3 is 2.43 bits per heavy atom. The van der Waals surface area contributed by atoms with Crippen LogP contribution in [0.3, 0.4) is 0 Å². The Morgan fingerprint density at radius 2 is 1.70 bits per heavy atom. The van der Waals surface area contributed by atoms with Crippen LogP contribution < -0.4 is 0 Å². The molecule has 0 bridgehead atoms. The van der Waals surface area contributed by atoms with E-state index >= 15 is 0 Å². The zero-order valence-electron chi connectivity index (χ0n) is 11.9. The Morgan fingerprint density at radius 1 is 0.913 bits per heavy atom. The van der Waals surface area contributed by atoms with Gasteiger partial charge in [-0.1, -0.05) is 59.6 Å². The van der Waals surface area contributed by atoms with Crippen molar-refractivity contribution in [2.45, 2.75) is 0 Å². The van der Waals surface area contributed by atoms with Crippen molar-refractivity contribution in [1.82, 2.24) is 0 Å². The molecule has 0 N–H and O–H groups in total. The summed E-state index contributed by atoms with van der Waals surface area (Å²) in [6, 6.07) is 14.8. The Balaban J connectivity index is 1.82. The second-order valence-electron chi connectivity index (χ2n) is 4.79. The number of ether oxygens (including phenoxy) is 1. The predicted octanol–water partition coefficient (Wildman–Crippen LogP) is 5.00. The van der Waals surface area contributed by atoms with E-state index in [1.165, 1.54) is 0 Å². The molecular weight excluding hydrogens is 333 g/mol. The second-order valence-corrected chi connectivity index (χ2v) is 5.60. The third kappa shape index (κ3) is 3.89. The summed E-state index contributed by atoms with van der Waals surface area (Å²) >= 11 is 11.8. The van der Waals surface area contributed by atoms with Crippen molar-refractivity contribution in [3.05, 3.63) is 81.5 Å². The van der Waals surface area contributed by atoms with E-state index in [0.717, 1.165) is 11.1 Å². The van der Waals surface area contributed by atoms with Gasteiger partial charge in [-0.05, 0) is 35.4 Å². The minimum Gasteiger partial charge on any atom is -0.403 e. The van der Waals surface area contributed by atoms with Crippen LogP contribution in [0.2, 0.25) is 10.0 Å². The summed E-state index contributed by atoms with van der Waals surface area (Å²) in [6.45, 7) is 0. The van der Waals surface area contributed by atoms with Crippen molar-refractivity contribution in [3.8, 4) is 0 Å². The summed E-state index contributed by atoms with van der Waals surface area (Å²) in [5.74, 6) is -0.242. The van der Waals surface area contributed by atoms with E-state index in [-0.39, 0.29) is 11.6 Å². The standard InChI is InChI=1S/C18H11Cl2NO2/c19-14-8-6-13(10-15(14)20)11-16-18(22)23-17(21-16)9-7-12-4-2-1-3-5-12/h1-11H. The highest BCUT2D eigenvalue weighted by Gasteiger charge is 2.21. The van der Waals surface area contributed by atoms with Crippen molar-refractivity contribution in [2.24, 2.45) is 4.99 Å². The Labute approximate surface area is 143 Å². The monoisotopic (exact) mass is 343 g/mol. The first-order valence-corrected chi connectivity index (χ1v) is 7.58. The van der Waals surface area contributed by atoms with Gasteiger partial charge in [-0.25, -0.2) is 9.79 Å². The molecule has 0 atom stereocenters. The highest BCUT2D eigenvalue weighted by Crippen LogP contribution is 2.25. The Bertz CT molecular complexity index is 839. The zero-order chi connectivity index (χ0) is 16.2. The van der Waals surface area contributed by atoms with E-state index in [0.29, 0.717) is 10.0 Å². The highest BCUT2D eigenvalue weighted by atomic mass is 35.5. The molecule has 3 rings (SSSR count). The Kier molecular flexibility index (Phi) is 4.60. The molecule has 1 aliphatic rings. The fraction of sp³-hybridized carbons (Fsp3) is 0. The van der Waals surface area contributed by atoms with Gasteiger partial charge in [-0.15, -0.1) is 0 Å². The van der Waals surface area contributed by atoms with Gasteiger partial charge < -0.3 is 4.74 Å². The minimum absolute atomic E-state index is 0.219. The lowest BCUT2D eigenvalue weighted by molar-refractivity contribution is -0.129. The summed E-state index contributed by atoms with van der Waals surface area (Å²) in [5, 5.41) is 0.873. The minimum atomic E-state index is -0.496. The molecule has 0 fully saturated rings. The van der Waals surface area contributed by atoms with Gasteiger partial charge in [0.05, 0.1) is 10.0 Å². The number of esters is 1. The van der Waals surface area contributed by atoms with Crippen LogP contribution in [0.1, 0.15) is 11.1 Å². The number of carbonyl (C=O) groups is 1.